The second kappa shape index (κ2) is 6.00. The zero-order valence-corrected chi connectivity index (χ0v) is 10.1. The molecule has 0 bridgehead atoms. The van der Waals surface area contributed by atoms with Crippen molar-refractivity contribution in [2.45, 2.75) is 13.2 Å². The van der Waals surface area contributed by atoms with Crippen molar-refractivity contribution < 1.29 is 14.6 Å². The first kappa shape index (κ1) is 12.4. The Morgan fingerprint density at radius 1 is 1.35 bits per heavy atom. The van der Waals surface area contributed by atoms with Gasteiger partial charge in [0.05, 0.1) is 13.2 Å². The highest BCUT2D eigenvalue weighted by Gasteiger charge is 2.24. The number of hydrogen-bond donors (Lipinski definition) is 1. The number of nitrogens with zero attached hydrogens (tertiary/aromatic N) is 1. The summed E-state index contributed by atoms with van der Waals surface area (Å²) in [5.41, 5.74) is 0.830. The molecular weight excluding hydrogens is 218 g/mol. The minimum absolute atomic E-state index is 0.176. The van der Waals surface area contributed by atoms with Gasteiger partial charge in [-0.2, -0.15) is 0 Å². The number of rotatable bonds is 4. The fourth-order valence-corrected chi connectivity index (χ4v) is 2.06. The Bertz CT molecular complexity index is 350. The summed E-state index contributed by atoms with van der Waals surface area (Å²) >= 11 is 0. The summed E-state index contributed by atoms with van der Waals surface area (Å²) in [6.07, 6.45) is -0.176. The van der Waals surface area contributed by atoms with Crippen molar-refractivity contribution in [3.05, 3.63) is 29.8 Å². The van der Waals surface area contributed by atoms with Gasteiger partial charge in [0.25, 0.3) is 0 Å². The van der Waals surface area contributed by atoms with E-state index in [1.54, 1.807) is 6.07 Å². The quantitative estimate of drug-likeness (QED) is 0.866. The van der Waals surface area contributed by atoms with Gasteiger partial charge in [0.15, 0.2) is 0 Å². The minimum Gasteiger partial charge on any atom is -0.508 e. The predicted octanol–water partition coefficient (Wildman–Crippen LogP) is 1.76. The Balaban J connectivity index is 2.18. The molecule has 1 aliphatic heterocycles. The van der Waals surface area contributed by atoms with Gasteiger partial charge in [0.1, 0.15) is 12.0 Å². The number of benzene rings is 1. The molecule has 0 amide bonds. The first-order chi connectivity index (χ1) is 8.33. The predicted molar refractivity (Wildman–Crippen MR) is 64.9 cm³/mol. The molecule has 1 heterocycles. The van der Waals surface area contributed by atoms with Crippen LogP contribution in [0.2, 0.25) is 0 Å². The van der Waals surface area contributed by atoms with Gasteiger partial charge in [0, 0.05) is 25.3 Å². The molecule has 2 rings (SSSR count). The van der Waals surface area contributed by atoms with Crippen LogP contribution in [0, 0.1) is 0 Å². The van der Waals surface area contributed by atoms with E-state index in [0.717, 1.165) is 31.9 Å². The molecule has 1 saturated heterocycles. The number of phenolic OH excluding ortho intramolecular Hbond substituents is 1. The van der Waals surface area contributed by atoms with E-state index in [2.05, 4.69) is 4.90 Å². The lowest BCUT2D eigenvalue weighted by molar-refractivity contribution is -0.0965. The van der Waals surface area contributed by atoms with Crippen LogP contribution in [-0.2, 0) is 9.47 Å². The number of hydrogen-bond acceptors (Lipinski definition) is 4. The smallest absolute Gasteiger partial charge is 0.140 e. The number of ether oxygens (including phenoxy) is 2. The van der Waals surface area contributed by atoms with Crippen molar-refractivity contribution >= 4 is 0 Å². The monoisotopic (exact) mass is 237 g/mol. The van der Waals surface area contributed by atoms with Crippen LogP contribution >= 0.6 is 0 Å². The molecular formula is C13H19NO3. The first-order valence-corrected chi connectivity index (χ1v) is 6.04. The highest BCUT2D eigenvalue weighted by Crippen LogP contribution is 2.29. The minimum atomic E-state index is -0.176. The van der Waals surface area contributed by atoms with Crippen molar-refractivity contribution in [3.8, 4) is 5.75 Å². The largest absolute Gasteiger partial charge is 0.508 e. The average Bonchev–Trinajstić information content (AvgIpc) is 2.38. The SMILES string of the molecule is CCOC(c1ccccc1O)N1CCOCC1. The third-order valence-electron chi connectivity index (χ3n) is 2.90. The second-order valence-corrected chi connectivity index (χ2v) is 4.01. The molecule has 0 aliphatic carbocycles. The van der Waals surface area contributed by atoms with Crippen molar-refractivity contribution in [2.24, 2.45) is 0 Å². The van der Waals surface area contributed by atoms with Crippen molar-refractivity contribution in [2.75, 3.05) is 32.9 Å². The Labute approximate surface area is 102 Å². The number of para-hydroxylation sites is 1. The third-order valence-corrected chi connectivity index (χ3v) is 2.90. The molecule has 94 valence electrons. The summed E-state index contributed by atoms with van der Waals surface area (Å²) in [7, 11) is 0. The van der Waals surface area contributed by atoms with E-state index in [1.807, 2.05) is 25.1 Å². The maximum Gasteiger partial charge on any atom is 0.140 e. The fourth-order valence-electron chi connectivity index (χ4n) is 2.06. The van der Waals surface area contributed by atoms with Crippen LogP contribution in [-0.4, -0.2) is 42.9 Å². The van der Waals surface area contributed by atoms with Crippen molar-refractivity contribution in [1.82, 2.24) is 4.90 Å². The Morgan fingerprint density at radius 2 is 2.06 bits per heavy atom. The van der Waals surface area contributed by atoms with Crippen LogP contribution in [0.25, 0.3) is 0 Å². The number of aromatic hydroxyl groups is 1. The molecule has 17 heavy (non-hydrogen) atoms. The van der Waals surface area contributed by atoms with Gasteiger partial charge in [-0.25, -0.2) is 0 Å². The van der Waals surface area contributed by atoms with Gasteiger partial charge in [-0.1, -0.05) is 18.2 Å². The van der Waals surface area contributed by atoms with Crippen molar-refractivity contribution in [1.29, 1.82) is 0 Å². The Hall–Kier alpha value is -1.10. The molecule has 1 aromatic carbocycles. The molecule has 0 spiro atoms. The van der Waals surface area contributed by atoms with Crippen LogP contribution in [0.15, 0.2) is 24.3 Å². The van der Waals surface area contributed by atoms with Crippen LogP contribution in [0.5, 0.6) is 5.75 Å². The van der Waals surface area contributed by atoms with Gasteiger partial charge >= 0.3 is 0 Å². The summed E-state index contributed by atoms with van der Waals surface area (Å²) in [6, 6.07) is 7.34. The zero-order chi connectivity index (χ0) is 12.1. The molecule has 1 N–H and O–H groups in total. The highest BCUT2D eigenvalue weighted by molar-refractivity contribution is 5.33. The standard InChI is InChI=1S/C13H19NO3/c1-2-17-13(14-7-9-16-10-8-14)11-5-3-4-6-12(11)15/h3-6,13,15H,2,7-10H2,1H3. The van der Waals surface area contributed by atoms with E-state index in [-0.39, 0.29) is 12.0 Å². The molecule has 4 nitrogen and oxygen atoms in total. The van der Waals surface area contributed by atoms with E-state index in [0.29, 0.717) is 6.61 Å². The van der Waals surface area contributed by atoms with Gasteiger partial charge in [-0.3, -0.25) is 4.90 Å². The molecule has 1 unspecified atom stereocenters. The van der Waals surface area contributed by atoms with Gasteiger partial charge in [0.2, 0.25) is 0 Å². The van der Waals surface area contributed by atoms with E-state index in [1.165, 1.54) is 0 Å². The molecule has 4 heteroatoms. The molecule has 1 atom stereocenters. The van der Waals surface area contributed by atoms with Gasteiger partial charge < -0.3 is 14.6 Å². The average molecular weight is 237 g/mol. The van der Waals surface area contributed by atoms with E-state index in [9.17, 15) is 5.11 Å². The second-order valence-electron chi connectivity index (χ2n) is 4.01. The van der Waals surface area contributed by atoms with Crippen LogP contribution in [0.4, 0.5) is 0 Å². The maximum atomic E-state index is 9.90. The molecule has 1 aromatic rings. The highest BCUT2D eigenvalue weighted by atomic mass is 16.5. The van der Waals surface area contributed by atoms with Gasteiger partial charge in [-0.15, -0.1) is 0 Å². The van der Waals surface area contributed by atoms with Crippen molar-refractivity contribution in [3.63, 3.8) is 0 Å². The summed E-state index contributed by atoms with van der Waals surface area (Å²) in [6.45, 7) is 5.69. The van der Waals surface area contributed by atoms with Crippen LogP contribution < -0.4 is 0 Å². The summed E-state index contributed by atoms with van der Waals surface area (Å²) in [5, 5.41) is 9.90. The van der Waals surface area contributed by atoms with Crippen LogP contribution in [0.1, 0.15) is 18.7 Å². The summed E-state index contributed by atoms with van der Waals surface area (Å²) in [5.74, 6) is 0.289. The van der Waals surface area contributed by atoms with E-state index >= 15 is 0 Å². The lowest BCUT2D eigenvalue weighted by Gasteiger charge is -2.34. The molecule has 0 aromatic heterocycles. The van der Waals surface area contributed by atoms with Gasteiger partial charge in [-0.05, 0) is 13.0 Å². The Kier molecular flexibility index (Phi) is 4.36. The van der Waals surface area contributed by atoms with E-state index < -0.39 is 0 Å². The first-order valence-electron chi connectivity index (χ1n) is 6.04. The molecule has 0 radical (unpaired) electrons. The zero-order valence-electron chi connectivity index (χ0n) is 10.1. The molecule has 0 saturated carbocycles. The third kappa shape index (κ3) is 2.97. The van der Waals surface area contributed by atoms with Crippen LogP contribution in [0.3, 0.4) is 0 Å². The summed E-state index contributed by atoms with van der Waals surface area (Å²) in [4.78, 5) is 2.20. The molecule has 1 aliphatic rings. The number of morpholine rings is 1. The van der Waals surface area contributed by atoms with E-state index in [4.69, 9.17) is 9.47 Å². The molecule has 1 fully saturated rings. The normalized spacial score (nSPS) is 19.1. The Morgan fingerprint density at radius 3 is 2.71 bits per heavy atom. The lowest BCUT2D eigenvalue weighted by Crippen LogP contribution is -2.40. The fraction of sp³-hybridized carbons (Fsp3) is 0.538. The number of phenols is 1. The maximum absolute atomic E-state index is 9.90. The summed E-state index contributed by atoms with van der Waals surface area (Å²) < 4.78 is 11.1. The lowest BCUT2D eigenvalue weighted by atomic mass is 10.1. The topological polar surface area (TPSA) is 41.9 Å².